The lowest BCUT2D eigenvalue weighted by atomic mass is 10.2. The number of imidazole rings is 1. The second-order valence-corrected chi connectivity index (χ2v) is 6.49. The smallest absolute Gasteiger partial charge is 0.326 e. The number of carbonyl (C=O) groups excluding carboxylic acids is 1. The second-order valence-electron chi connectivity index (χ2n) is 5.62. The molecule has 122 valence electrons. The van der Waals surface area contributed by atoms with E-state index >= 15 is 0 Å². The molecule has 2 aromatic rings. The van der Waals surface area contributed by atoms with E-state index in [0.29, 0.717) is 18.7 Å². The molecule has 23 heavy (non-hydrogen) atoms. The lowest BCUT2D eigenvalue weighted by molar-refractivity contribution is -0.148. The Bertz CT molecular complexity index is 743. The zero-order valence-electron chi connectivity index (χ0n) is 12.9. The van der Waals surface area contributed by atoms with Crippen LogP contribution in [-0.4, -0.2) is 50.3 Å². The lowest BCUT2D eigenvalue weighted by Gasteiger charge is -2.22. The van der Waals surface area contributed by atoms with Crippen molar-refractivity contribution < 1.29 is 14.7 Å². The summed E-state index contributed by atoms with van der Waals surface area (Å²) in [6.07, 6.45) is 3.26. The van der Waals surface area contributed by atoms with Crippen LogP contribution in [0, 0.1) is 0 Å². The first-order valence-electron chi connectivity index (χ1n) is 7.57. The SMILES string of the molecule is CSCc1nc2ccccc2n1CC(=O)N1CCC[C@@H]1C(=O)O. The van der Waals surface area contributed by atoms with Gasteiger partial charge in [-0.3, -0.25) is 4.79 Å². The number of benzene rings is 1. The van der Waals surface area contributed by atoms with Crippen molar-refractivity contribution in [1.29, 1.82) is 0 Å². The molecule has 6 nitrogen and oxygen atoms in total. The number of aliphatic carboxylic acids is 1. The van der Waals surface area contributed by atoms with Gasteiger partial charge in [0, 0.05) is 6.54 Å². The Balaban J connectivity index is 1.89. The number of likely N-dealkylation sites (tertiary alicyclic amines) is 1. The first kappa shape index (κ1) is 15.9. The van der Waals surface area contributed by atoms with Crippen LogP contribution in [0.25, 0.3) is 11.0 Å². The third-order valence-corrected chi connectivity index (χ3v) is 4.71. The van der Waals surface area contributed by atoms with Crippen molar-refractivity contribution in [2.24, 2.45) is 0 Å². The van der Waals surface area contributed by atoms with Crippen molar-refractivity contribution >= 4 is 34.7 Å². The lowest BCUT2D eigenvalue weighted by Crippen LogP contribution is -2.42. The van der Waals surface area contributed by atoms with Crippen molar-refractivity contribution in [2.45, 2.75) is 31.2 Å². The number of nitrogens with zero attached hydrogens (tertiary/aromatic N) is 3. The van der Waals surface area contributed by atoms with E-state index in [1.165, 1.54) is 4.90 Å². The molecule has 1 atom stereocenters. The van der Waals surface area contributed by atoms with Gasteiger partial charge in [0.2, 0.25) is 5.91 Å². The van der Waals surface area contributed by atoms with E-state index in [1.54, 1.807) is 11.8 Å². The third kappa shape index (κ3) is 3.06. The van der Waals surface area contributed by atoms with E-state index in [9.17, 15) is 14.7 Å². The number of amides is 1. The summed E-state index contributed by atoms with van der Waals surface area (Å²) in [6, 6.07) is 7.02. The molecule has 0 radical (unpaired) electrons. The molecule has 0 saturated carbocycles. The summed E-state index contributed by atoms with van der Waals surface area (Å²) in [7, 11) is 0. The maximum absolute atomic E-state index is 12.6. The maximum Gasteiger partial charge on any atom is 0.326 e. The van der Waals surface area contributed by atoms with Gasteiger partial charge in [-0.05, 0) is 31.2 Å². The Kier molecular flexibility index (Phi) is 4.56. The maximum atomic E-state index is 12.6. The number of rotatable bonds is 5. The van der Waals surface area contributed by atoms with Crippen LogP contribution in [-0.2, 0) is 21.9 Å². The molecule has 7 heteroatoms. The number of carboxylic acids is 1. The number of fused-ring (bicyclic) bond motifs is 1. The van der Waals surface area contributed by atoms with Crippen molar-refractivity contribution in [2.75, 3.05) is 12.8 Å². The summed E-state index contributed by atoms with van der Waals surface area (Å²) in [5, 5.41) is 9.25. The van der Waals surface area contributed by atoms with Gasteiger partial charge in [-0.1, -0.05) is 12.1 Å². The van der Waals surface area contributed by atoms with Crippen LogP contribution in [0.1, 0.15) is 18.7 Å². The zero-order chi connectivity index (χ0) is 16.4. The second kappa shape index (κ2) is 6.62. The van der Waals surface area contributed by atoms with Crippen LogP contribution in [0.3, 0.4) is 0 Å². The summed E-state index contributed by atoms with van der Waals surface area (Å²) in [6.45, 7) is 0.653. The summed E-state index contributed by atoms with van der Waals surface area (Å²) in [4.78, 5) is 30.0. The molecule has 1 aromatic heterocycles. The summed E-state index contributed by atoms with van der Waals surface area (Å²) < 4.78 is 1.91. The fourth-order valence-electron chi connectivity index (χ4n) is 3.09. The van der Waals surface area contributed by atoms with Gasteiger partial charge in [0.15, 0.2) is 0 Å². The first-order valence-corrected chi connectivity index (χ1v) is 8.96. The van der Waals surface area contributed by atoms with Crippen LogP contribution in [0.15, 0.2) is 24.3 Å². The molecule has 1 aromatic carbocycles. The standard InChI is InChI=1S/C16H19N3O3S/c1-23-10-14-17-11-5-2-3-6-12(11)19(14)9-15(20)18-8-4-7-13(18)16(21)22/h2-3,5-6,13H,4,7-10H2,1H3,(H,21,22)/t13-/m1/s1. The molecule has 1 aliphatic rings. The monoisotopic (exact) mass is 333 g/mol. The zero-order valence-corrected chi connectivity index (χ0v) is 13.8. The number of carbonyl (C=O) groups is 2. The average Bonchev–Trinajstić information content (AvgIpc) is 3.13. The van der Waals surface area contributed by atoms with Crippen molar-refractivity contribution in [3.05, 3.63) is 30.1 Å². The van der Waals surface area contributed by atoms with Crippen LogP contribution in [0.4, 0.5) is 0 Å². The van der Waals surface area contributed by atoms with Crippen molar-refractivity contribution in [3.63, 3.8) is 0 Å². The first-order chi connectivity index (χ1) is 11.1. The van der Waals surface area contributed by atoms with Gasteiger partial charge >= 0.3 is 5.97 Å². The molecular weight excluding hydrogens is 314 g/mol. The molecule has 0 spiro atoms. The Morgan fingerprint density at radius 2 is 2.17 bits per heavy atom. The van der Waals surface area contributed by atoms with E-state index in [1.807, 2.05) is 35.1 Å². The van der Waals surface area contributed by atoms with Crippen molar-refractivity contribution in [1.82, 2.24) is 14.5 Å². The van der Waals surface area contributed by atoms with Gasteiger partial charge in [-0.15, -0.1) is 0 Å². The largest absolute Gasteiger partial charge is 0.480 e. The molecule has 1 amide bonds. The molecule has 0 unspecified atom stereocenters. The number of para-hydroxylation sites is 2. The van der Waals surface area contributed by atoms with Gasteiger partial charge in [0.1, 0.15) is 18.4 Å². The molecule has 1 aliphatic heterocycles. The van der Waals surface area contributed by atoms with Crippen LogP contribution < -0.4 is 0 Å². The van der Waals surface area contributed by atoms with Crippen LogP contribution in [0.5, 0.6) is 0 Å². The molecule has 2 heterocycles. The number of carboxylic acid groups (broad SMARTS) is 1. The molecule has 1 N–H and O–H groups in total. The molecule has 0 aliphatic carbocycles. The third-order valence-electron chi connectivity index (χ3n) is 4.16. The highest BCUT2D eigenvalue weighted by atomic mass is 32.2. The average molecular weight is 333 g/mol. The minimum absolute atomic E-state index is 0.139. The van der Waals surface area contributed by atoms with Crippen molar-refractivity contribution in [3.8, 4) is 0 Å². The summed E-state index contributed by atoms with van der Waals surface area (Å²) in [5.74, 6) is 0.485. The molecule has 1 fully saturated rings. The predicted octanol–water partition coefficient (Wildman–Crippen LogP) is 1.97. The van der Waals surface area contributed by atoms with E-state index in [0.717, 1.165) is 23.3 Å². The Labute approximate surface area is 138 Å². The van der Waals surface area contributed by atoms with Crippen LogP contribution in [0.2, 0.25) is 0 Å². The van der Waals surface area contributed by atoms with Gasteiger partial charge < -0.3 is 14.6 Å². The molecule has 3 rings (SSSR count). The quantitative estimate of drug-likeness (QED) is 0.905. The highest BCUT2D eigenvalue weighted by molar-refractivity contribution is 7.97. The Hall–Kier alpha value is -2.02. The molecular formula is C16H19N3O3S. The summed E-state index contributed by atoms with van der Waals surface area (Å²) >= 11 is 1.65. The fourth-order valence-corrected chi connectivity index (χ4v) is 3.57. The Morgan fingerprint density at radius 3 is 2.91 bits per heavy atom. The number of aromatic nitrogens is 2. The van der Waals surface area contributed by atoms with E-state index in [4.69, 9.17) is 0 Å². The molecule has 1 saturated heterocycles. The summed E-state index contributed by atoms with van der Waals surface area (Å²) in [5.41, 5.74) is 1.77. The highest BCUT2D eigenvalue weighted by Crippen LogP contribution is 2.22. The molecule has 0 bridgehead atoms. The van der Waals surface area contributed by atoms with Gasteiger partial charge in [-0.2, -0.15) is 11.8 Å². The number of thioether (sulfide) groups is 1. The topological polar surface area (TPSA) is 75.4 Å². The number of hydrogen-bond donors (Lipinski definition) is 1. The van der Waals surface area contributed by atoms with Crippen LogP contribution >= 0.6 is 11.8 Å². The predicted molar refractivity (Wildman–Crippen MR) is 89.3 cm³/mol. The normalized spacial score (nSPS) is 17.8. The van der Waals surface area contributed by atoms with Gasteiger partial charge in [0.05, 0.1) is 16.8 Å². The van der Waals surface area contributed by atoms with E-state index < -0.39 is 12.0 Å². The van der Waals surface area contributed by atoms with E-state index in [-0.39, 0.29) is 12.5 Å². The Morgan fingerprint density at radius 1 is 1.39 bits per heavy atom. The fraction of sp³-hybridized carbons (Fsp3) is 0.438. The number of hydrogen-bond acceptors (Lipinski definition) is 4. The van der Waals surface area contributed by atoms with E-state index in [2.05, 4.69) is 4.98 Å². The van der Waals surface area contributed by atoms with Gasteiger partial charge in [-0.25, -0.2) is 9.78 Å². The minimum atomic E-state index is -0.921. The minimum Gasteiger partial charge on any atom is -0.480 e. The van der Waals surface area contributed by atoms with Gasteiger partial charge in [0.25, 0.3) is 0 Å². The highest BCUT2D eigenvalue weighted by Gasteiger charge is 2.34.